The molecular weight excluding hydrogens is 499 g/mol. The van der Waals surface area contributed by atoms with Gasteiger partial charge in [-0.3, -0.25) is 19.3 Å². The van der Waals surface area contributed by atoms with Gasteiger partial charge in [0.2, 0.25) is 11.8 Å². The first-order valence-electron chi connectivity index (χ1n) is 11.3. The Kier molecular flexibility index (Phi) is 8.25. The van der Waals surface area contributed by atoms with E-state index in [-0.39, 0.29) is 23.2 Å². The maximum absolute atomic E-state index is 13.7. The molecule has 0 radical (unpaired) electrons. The number of fused-ring (bicyclic) bond motifs is 1. The summed E-state index contributed by atoms with van der Waals surface area (Å²) in [6.07, 6.45) is -3.29. The van der Waals surface area contributed by atoms with E-state index in [0.29, 0.717) is 5.56 Å². The Morgan fingerprint density at radius 3 is 2.44 bits per heavy atom. The smallest absolute Gasteiger partial charge is 0.343 e. The van der Waals surface area contributed by atoms with Crippen LogP contribution in [0.2, 0.25) is 5.02 Å². The van der Waals surface area contributed by atoms with Crippen LogP contribution in [0.1, 0.15) is 31.9 Å². The van der Waals surface area contributed by atoms with Crippen LogP contribution in [0.5, 0.6) is 0 Å². The molecule has 0 saturated heterocycles. The number of pyridine rings is 1. The monoisotopic (exact) mass is 525 g/mol. The number of likely N-dealkylation sites (N-methyl/N-ethyl adjacent to an activating group) is 1. The summed E-state index contributed by atoms with van der Waals surface area (Å²) < 4.78 is 40.7. The first-order chi connectivity index (χ1) is 16.9. The first kappa shape index (κ1) is 27.4. The highest BCUT2D eigenvalue weighted by Gasteiger charge is 2.44. The molecule has 0 aliphatic carbocycles. The number of carbonyl (C=O) groups excluding carboxylic acids is 3. The minimum absolute atomic E-state index is 0.0260. The fourth-order valence-electron chi connectivity index (χ4n) is 3.89. The van der Waals surface area contributed by atoms with Crippen LogP contribution in [0.3, 0.4) is 0 Å². The van der Waals surface area contributed by atoms with Crippen molar-refractivity contribution in [2.75, 3.05) is 17.3 Å². The minimum atomic E-state index is -4.76. The lowest BCUT2D eigenvalue weighted by molar-refractivity contribution is -0.137. The van der Waals surface area contributed by atoms with E-state index >= 15 is 0 Å². The van der Waals surface area contributed by atoms with Crippen molar-refractivity contribution in [3.63, 3.8) is 0 Å². The van der Waals surface area contributed by atoms with Gasteiger partial charge in [-0.05, 0) is 43.7 Å². The SMILES string of the molecule is CN[C@@H](C)C(=O)NC(C(=O)N1c2ncccc2CC1C(=O)Nc1c(Cl)cccc1C(F)(F)F)C(C)C. The third kappa shape index (κ3) is 5.62. The molecule has 1 aromatic carbocycles. The van der Waals surface area contributed by atoms with Crippen molar-refractivity contribution in [1.82, 2.24) is 15.6 Å². The molecular formula is C24H27ClF3N5O3. The van der Waals surface area contributed by atoms with Crippen LogP contribution < -0.4 is 20.9 Å². The molecule has 36 heavy (non-hydrogen) atoms. The highest BCUT2D eigenvalue weighted by atomic mass is 35.5. The van der Waals surface area contributed by atoms with Gasteiger partial charge in [0.15, 0.2) is 0 Å². The Labute approximate surface area is 211 Å². The molecule has 2 aromatic rings. The van der Waals surface area contributed by atoms with E-state index in [2.05, 4.69) is 20.9 Å². The zero-order chi connectivity index (χ0) is 26.8. The van der Waals surface area contributed by atoms with Crippen LogP contribution in [0.25, 0.3) is 0 Å². The number of hydrogen-bond donors (Lipinski definition) is 3. The van der Waals surface area contributed by atoms with E-state index in [1.165, 1.54) is 12.3 Å². The minimum Gasteiger partial charge on any atom is -0.343 e. The van der Waals surface area contributed by atoms with Crippen molar-refractivity contribution >= 4 is 40.8 Å². The second-order valence-corrected chi connectivity index (χ2v) is 9.21. The highest BCUT2D eigenvalue weighted by Crippen LogP contribution is 2.39. The molecule has 1 aliphatic rings. The van der Waals surface area contributed by atoms with Crippen LogP contribution in [-0.4, -0.2) is 47.9 Å². The largest absolute Gasteiger partial charge is 0.418 e. The van der Waals surface area contributed by atoms with E-state index < -0.39 is 53.3 Å². The highest BCUT2D eigenvalue weighted by molar-refractivity contribution is 6.34. The number of carbonyl (C=O) groups is 3. The molecule has 12 heteroatoms. The van der Waals surface area contributed by atoms with E-state index in [9.17, 15) is 27.6 Å². The van der Waals surface area contributed by atoms with Gasteiger partial charge in [0.05, 0.1) is 22.3 Å². The summed E-state index contributed by atoms with van der Waals surface area (Å²) >= 11 is 6.01. The standard InChI is InChI=1S/C24H27ClF3N5O3/c1-12(2)18(31-21(34)13(3)29-4)23(36)33-17(11-14-7-6-10-30-20(14)33)22(35)32-19-15(24(26,27)28)8-5-9-16(19)25/h5-10,12-13,17-18,29H,11H2,1-4H3,(H,31,34)(H,32,35)/t13-,17?,18?/m0/s1. The Balaban J connectivity index is 1.98. The van der Waals surface area contributed by atoms with Crippen LogP contribution in [0.4, 0.5) is 24.7 Å². The van der Waals surface area contributed by atoms with Gasteiger partial charge in [-0.2, -0.15) is 13.2 Å². The van der Waals surface area contributed by atoms with Gasteiger partial charge in [-0.15, -0.1) is 0 Å². The lowest BCUT2D eigenvalue weighted by Crippen LogP contribution is -2.57. The van der Waals surface area contributed by atoms with E-state index in [1.54, 1.807) is 40.0 Å². The van der Waals surface area contributed by atoms with E-state index in [1.807, 2.05) is 0 Å². The number of nitrogens with one attached hydrogen (secondary N) is 3. The number of aromatic nitrogens is 1. The average Bonchev–Trinajstić information content (AvgIpc) is 3.21. The van der Waals surface area contributed by atoms with Gasteiger partial charge >= 0.3 is 6.18 Å². The van der Waals surface area contributed by atoms with Crippen LogP contribution in [0.15, 0.2) is 36.5 Å². The summed E-state index contributed by atoms with van der Waals surface area (Å²) in [5, 5.41) is 7.47. The zero-order valence-corrected chi connectivity index (χ0v) is 20.9. The second-order valence-electron chi connectivity index (χ2n) is 8.80. The maximum atomic E-state index is 13.7. The molecule has 0 spiro atoms. The fourth-order valence-corrected chi connectivity index (χ4v) is 4.11. The summed E-state index contributed by atoms with van der Waals surface area (Å²) in [5.74, 6) is -2.04. The predicted molar refractivity (Wildman–Crippen MR) is 130 cm³/mol. The van der Waals surface area contributed by atoms with Gasteiger partial charge in [0.1, 0.15) is 17.9 Å². The van der Waals surface area contributed by atoms with Crippen molar-refractivity contribution in [3.05, 3.63) is 52.7 Å². The molecule has 2 heterocycles. The number of benzene rings is 1. The maximum Gasteiger partial charge on any atom is 0.418 e. The van der Waals surface area contributed by atoms with Crippen LogP contribution >= 0.6 is 11.6 Å². The van der Waals surface area contributed by atoms with Gasteiger partial charge in [0, 0.05) is 12.6 Å². The number of nitrogens with zero attached hydrogens (tertiary/aromatic N) is 2. The van der Waals surface area contributed by atoms with Crippen LogP contribution in [-0.2, 0) is 27.0 Å². The number of hydrogen-bond acceptors (Lipinski definition) is 5. The summed E-state index contributed by atoms with van der Waals surface area (Å²) in [4.78, 5) is 45.0. The summed E-state index contributed by atoms with van der Waals surface area (Å²) in [6, 6.07) is 3.68. The van der Waals surface area contributed by atoms with E-state index in [4.69, 9.17) is 11.6 Å². The molecule has 1 aromatic heterocycles. The Hall–Kier alpha value is -3.18. The van der Waals surface area contributed by atoms with Gasteiger partial charge in [0.25, 0.3) is 5.91 Å². The molecule has 8 nitrogen and oxygen atoms in total. The molecule has 0 saturated carbocycles. The number of amides is 3. The van der Waals surface area contributed by atoms with Crippen molar-refractivity contribution < 1.29 is 27.6 Å². The summed E-state index contributed by atoms with van der Waals surface area (Å²) in [7, 11) is 1.60. The zero-order valence-electron chi connectivity index (χ0n) is 20.1. The van der Waals surface area contributed by atoms with Crippen molar-refractivity contribution in [3.8, 4) is 0 Å². The number of alkyl halides is 3. The molecule has 1 aliphatic heterocycles. The predicted octanol–water partition coefficient (Wildman–Crippen LogP) is 3.40. The third-order valence-corrected chi connectivity index (χ3v) is 6.30. The van der Waals surface area contributed by atoms with Crippen LogP contribution in [0, 0.1) is 5.92 Å². The van der Waals surface area contributed by atoms with Crippen molar-refractivity contribution in [2.45, 2.75) is 51.5 Å². The van der Waals surface area contributed by atoms with Gasteiger partial charge in [-0.25, -0.2) is 4.98 Å². The van der Waals surface area contributed by atoms with Gasteiger partial charge < -0.3 is 16.0 Å². The summed E-state index contributed by atoms with van der Waals surface area (Å²) in [5.41, 5.74) is -1.13. The van der Waals surface area contributed by atoms with Gasteiger partial charge in [-0.1, -0.05) is 37.6 Å². The van der Waals surface area contributed by atoms with Crippen molar-refractivity contribution in [1.29, 1.82) is 0 Å². The van der Waals surface area contributed by atoms with Crippen molar-refractivity contribution in [2.24, 2.45) is 5.92 Å². The third-order valence-electron chi connectivity index (χ3n) is 5.98. The number of halogens is 4. The molecule has 0 fully saturated rings. The van der Waals surface area contributed by atoms with E-state index in [0.717, 1.165) is 17.0 Å². The molecule has 3 rings (SSSR count). The molecule has 194 valence electrons. The average molecular weight is 526 g/mol. The normalized spacial score (nSPS) is 16.9. The molecule has 3 atom stereocenters. The second kappa shape index (κ2) is 10.8. The molecule has 3 N–H and O–H groups in total. The number of rotatable bonds is 7. The Morgan fingerprint density at radius 2 is 1.83 bits per heavy atom. The lowest BCUT2D eigenvalue weighted by Gasteiger charge is -2.31. The quantitative estimate of drug-likeness (QED) is 0.514. The topological polar surface area (TPSA) is 103 Å². The Bertz CT molecular complexity index is 1160. The molecule has 3 amide bonds. The molecule has 0 bridgehead atoms. The number of anilines is 2. The molecule has 2 unspecified atom stereocenters. The lowest BCUT2D eigenvalue weighted by atomic mass is 10.0. The fraction of sp³-hybridized carbons (Fsp3) is 0.417. The summed E-state index contributed by atoms with van der Waals surface area (Å²) in [6.45, 7) is 5.09. The first-order valence-corrected chi connectivity index (χ1v) is 11.7. The number of para-hydroxylation sites is 1. The Morgan fingerprint density at radius 1 is 1.14 bits per heavy atom.